The molecule has 2 heterocycles. The van der Waals surface area contributed by atoms with Crippen LogP contribution in [0.4, 0.5) is 5.82 Å². The number of esters is 2. The van der Waals surface area contributed by atoms with Gasteiger partial charge in [-0.25, -0.2) is 13.9 Å². The largest absolute Gasteiger partial charge is 0.481 e. The normalized spacial score (nSPS) is 20.1. The van der Waals surface area contributed by atoms with Gasteiger partial charge < -0.3 is 45.1 Å². The van der Waals surface area contributed by atoms with E-state index in [1.165, 1.54) is 25.3 Å². The van der Waals surface area contributed by atoms with Crippen molar-refractivity contribution in [3.63, 3.8) is 0 Å². The van der Waals surface area contributed by atoms with Gasteiger partial charge in [0.15, 0.2) is 12.3 Å². The van der Waals surface area contributed by atoms with Crippen LogP contribution in [0.5, 0.6) is 0 Å². The second kappa shape index (κ2) is 39.3. The number of ether oxygens (including phenoxy) is 3. The summed E-state index contributed by atoms with van der Waals surface area (Å²) >= 11 is 0. The zero-order valence-electron chi connectivity index (χ0n) is 42.8. The standard InChI is InChI=1S/C52H83N3O16P2/c1-3-5-6-7-8-9-10-11-12-13-14-19-22-25-28-31-34-37-48(58)69-44(40-66-47(57)36-33-30-27-24-21-18-16-15-17-20-23-26-29-32-35-43(56)4-2)41-67-72(62,63)71-73(64,65)68-42-45-49(59)50(60)51(70-45)55-39-38-46(53)54-52(55)61/h8-9,11-12,16-18,20,24,26-27,29,32,35,38-39,43-45,49-51,56,59-60H,3-7,10,13-15,19,21-23,25,28,30-31,33-34,36-37,40-42H2,1-2H3,(H,62,63)(H,64,65)(H2,53,54,61)/b9-8-,12-11-,18-16-,20-17-,27-24-,29-26-,35-32+/t43-,44+,45+,49+,50+,51+/m0/s1. The number of allylic oxidation sites excluding steroid dienone is 13. The third-order valence-corrected chi connectivity index (χ3v) is 13.7. The van der Waals surface area contributed by atoms with E-state index in [-0.39, 0.29) is 18.7 Å². The number of carbonyl (C=O) groups excluding carboxylic acids is 2. The number of nitrogens with zero attached hydrogens (tertiary/aromatic N) is 2. The van der Waals surface area contributed by atoms with Gasteiger partial charge in [-0.3, -0.25) is 23.2 Å². The number of anilines is 1. The average molecular weight is 1070 g/mol. The summed E-state index contributed by atoms with van der Waals surface area (Å²) in [6.07, 6.45) is 39.0. The van der Waals surface area contributed by atoms with Crippen LogP contribution in [0.15, 0.2) is 102 Å². The van der Waals surface area contributed by atoms with E-state index in [1.807, 2.05) is 43.4 Å². The molecule has 1 aliphatic heterocycles. The first-order valence-electron chi connectivity index (χ1n) is 25.7. The number of rotatable bonds is 41. The van der Waals surface area contributed by atoms with Crippen LogP contribution < -0.4 is 11.4 Å². The van der Waals surface area contributed by atoms with Crippen molar-refractivity contribution in [3.8, 4) is 0 Å². The highest BCUT2D eigenvalue weighted by molar-refractivity contribution is 7.61. The predicted molar refractivity (Wildman–Crippen MR) is 281 cm³/mol. The fourth-order valence-corrected chi connectivity index (χ4v) is 9.09. The van der Waals surface area contributed by atoms with Gasteiger partial charge in [-0.2, -0.15) is 9.29 Å². The maximum Gasteiger partial charge on any atom is 0.481 e. The predicted octanol–water partition coefficient (Wildman–Crippen LogP) is 9.64. The molecule has 2 unspecified atom stereocenters. The van der Waals surface area contributed by atoms with Gasteiger partial charge in [0.25, 0.3) is 0 Å². The molecule has 1 aromatic rings. The Balaban J connectivity index is 1.83. The van der Waals surface area contributed by atoms with Crippen molar-refractivity contribution < 1.29 is 71.4 Å². The molecule has 21 heteroatoms. The molecule has 0 bridgehead atoms. The zero-order valence-corrected chi connectivity index (χ0v) is 44.6. The second-order valence-electron chi connectivity index (χ2n) is 17.5. The minimum absolute atomic E-state index is 0.0174. The minimum Gasteiger partial charge on any atom is -0.462 e. The Labute approximate surface area is 431 Å². The minimum atomic E-state index is -5.45. The summed E-state index contributed by atoms with van der Waals surface area (Å²) in [4.78, 5) is 61.9. The van der Waals surface area contributed by atoms with Crippen LogP contribution >= 0.6 is 15.6 Å². The van der Waals surface area contributed by atoms with Gasteiger partial charge in [-0.05, 0) is 83.1 Å². The van der Waals surface area contributed by atoms with Gasteiger partial charge in [-0.15, -0.1) is 0 Å². The fraction of sp³-hybridized carbons (Fsp3) is 0.615. The highest BCUT2D eigenvalue weighted by Gasteiger charge is 2.46. The molecular weight excluding hydrogens is 985 g/mol. The molecule has 412 valence electrons. The topological polar surface area (TPSA) is 286 Å². The van der Waals surface area contributed by atoms with Crippen molar-refractivity contribution in [1.82, 2.24) is 9.55 Å². The monoisotopic (exact) mass is 1070 g/mol. The van der Waals surface area contributed by atoms with E-state index in [1.54, 1.807) is 6.08 Å². The molecule has 0 saturated carbocycles. The lowest BCUT2D eigenvalue weighted by molar-refractivity contribution is -0.161. The van der Waals surface area contributed by atoms with Crippen LogP contribution in [0.1, 0.15) is 155 Å². The van der Waals surface area contributed by atoms with Gasteiger partial charge in [0.05, 0.1) is 19.3 Å². The number of unbranched alkanes of at least 4 members (excludes halogenated alkanes) is 11. The smallest absolute Gasteiger partial charge is 0.462 e. The lowest BCUT2D eigenvalue weighted by Gasteiger charge is -2.21. The molecule has 1 aromatic heterocycles. The lowest BCUT2D eigenvalue weighted by atomic mass is 10.1. The molecule has 2 rings (SSSR count). The summed E-state index contributed by atoms with van der Waals surface area (Å²) in [5.74, 6) is -1.41. The van der Waals surface area contributed by atoms with Gasteiger partial charge in [0, 0.05) is 19.0 Å². The number of aliphatic hydroxyl groups excluding tert-OH is 3. The van der Waals surface area contributed by atoms with E-state index in [2.05, 4.69) is 58.8 Å². The first-order chi connectivity index (χ1) is 35.1. The number of hydrogen-bond acceptors (Lipinski definition) is 16. The van der Waals surface area contributed by atoms with Crippen molar-refractivity contribution in [2.75, 3.05) is 25.6 Å². The molecule has 0 amide bonds. The van der Waals surface area contributed by atoms with Gasteiger partial charge in [-0.1, -0.05) is 144 Å². The van der Waals surface area contributed by atoms with E-state index in [9.17, 15) is 48.6 Å². The Bertz CT molecular complexity index is 2070. The van der Waals surface area contributed by atoms with E-state index in [0.717, 1.165) is 87.8 Å². The van der Waals surface area contributed by atoms with Crippen molar-refractivity contribution in [2.45, 2.75) is 185 Å². The molecular formula is C52H83N3O16P2. The zero-order chi connectivity index (χ0) is 53.6. The SMILES string of the molecule is CCCCC/C=C\C/C=C\CCCCCCCCCC(=O)O[C@H](COC(=O)CCC/C=C\C/C=C\C/C=C\C/C=C\C=C\[C@@H](O)CC)COP(=O)(O)OP(=O)(O)OC[C@H]1O[C@@H](n2ccc(N)nc2=O)[C@H](O)[C@@H]1O. The number of phosphoric acid groups is 2. The highest BCUT2D eigenvalue weighted by atomic mass is 31.3. The molecule has 0 aromatic carbocycles. The Kier molecular flexibility index (Phi) is 35.0. The summed E-state index contributed by atoms with van der Waals surface area (Å²) in [5.41, 5.74) is 4.58. The molecule has 7 N–H and O–H groups in total. The molecule has 0 aliphatic carbocycles. The third kappa shape index (κ3) is 32.1. The summed E-state index contributed by atoms with van der Waals surface area (Å²) in [7, 11) is -10.9. The molecule has 1 fully saturated rings. The van der Waals surface area contributed by atoms with Gasteiger partial charge in [0.1, 0.15) is 30.7 Å². The van der Waals surface area contributed by atoms with E-state index in [0.29, 0.717) is 25.7 Å². The van der Waals surface area contributed by atoms with Crippen LogP contribution in [0.2, 0.25) is 0 Å². The van der Waals surface area contributed by atoms with Gasteiger partial charge >= 0.3 is 33.3 Å². The number of hydrogen-bond donors (Lipinski definition) is 6. The number of phosphoric ester groups is 2. The van der Waals surface area contributed by atoms with Crippen LogP contribution in [-0.2, 0) is 46.3 Å². The van der Waals surface area contributed by atoms with Crippen molar-refractivity contribution >= 4 is 33.4 Å². The number of aromatic nitrogens is 2. The van der Waals surface area contributed by atoms with E-state index < -0.39 is 89.8 Å². The number of aliphatic hydroxyl groups is 3. The van der Waals surface area contributed by atoms with Crippen molar-refractivity contribution in [1.29, 1.82) is 0 Å². The number of nitrogen functional groups attached to an aromatic ring is 1. The average Bonchev–Trinajstić information content (AvgIpc) is 3.63. The first-order valence-corrected chi connectivity index (χ1v) is 28.7. The number of carbonyl (C=O) groups is 2. The maximum atomic E-state index is 12.9. The maximum absolute atomic E-state index is 12.9. The lowest BCUT2D eigenvalue weighted by Crippen LogP contribution is -2.36. The molecule has 1 aliphatic rings. The number of nitrogens with two attached hydrogens (primary N) is 1. The first kappa shape index (κ1) is 65.0. The van der Waals surface area contributed by atoms with Crippen molar-refractivity contribution in [3.05, 3.63) is 108 Å². The van der Waals surface area contributed by atoms with Crippen LogP contribution in [0, 0.1) is 0 Å². The van der Waals surface area contributed by atoms with Crippen molar-refractivity contribution in [2.24, 2.45) is 0 Å². The van der Waals surface area contributed by atoms with Crippen LogP contribution in [-0.4, -0.2) is 96.9 Å². The third-order valence-electron chi connectivity index (χ3n) is 11.1. The fourth-order valence-electron chi connectivity index (χ4n) is 6.98. The van der Waals surface area contributed by atoms with Crippen LogP contribution in [0.25, 0.3) is 0 Å². The molecule has 0 radical (unpaired) electrons. The highest BCUT2D eigenvalue weighted by Crippen LogP contribution is 2.60. The van der Waals surface area contributed by atoms with E-state index in [4.69, 9.17) is 29.0 Å². The molecule has 1 saturated heterocycles. The molecule has 73 heavy (non-hydrogen) atoms. The quantitative estimate of drug-likeness (QED) is 0.0117. The Morgan fingerprint density at radius 2 is 1.27 bits per heavy atom. The molecule has 0 spiro atoms. The Morgan fingerprint density at radius 3 is 1.89 bits per heavy atom. The molecule has 8 atom stereocenters. The van der Waals surface area contributed by atoms with Gasteiger partial charge in [0.2, 0.25) is 0 Å². The Morgan fingerprint density at radius 1 is 0.726 bits per heavy atom. The summed E-state index contributed by atoms with van der Waals surface area (Å²) in [6.45, 7) is 1.73. The molecule has 19 nitrogen and oxygen atoms in total. The van der Waals surface area contributed by atoms with E-state index >= 15 is 0 Å². The summed E-state index contributed by atoms with van der Waals surface area (Å²) in [6, 6.07) is 1.24. The summed E-state index contributed by atoms with van der Waals surface area (Å²) < 4.78 is 56.7. The summed E-state index contributed by atoms with van der Waals surface area (Å²) in [5, 5.41) is 30.4. The Hall–Kier alpha value is -4.10. The van der Waals surface area contributed by atoms with Crippen LogP contribution in [0.3, 0.4) is 0 Å². The second-order valence-corrected chi connectivity index (χ2v) is 20.5.